The van der Waals surface area contributed by atoms with Crippen LogP contribution in [0.1, 0.15) is 12.0 Å². The summed E-state index contributed by atoms with van der Waals surface area (Å²) in [4.78, 5) is 20.0. The van der Waals surface area contributed by atoms with E-state index in [1.165, 1.54) is 12.3 Å². The van der Waals surface area contributed by atoms with E-state index in [4.69, 9.17) is 0 Å². The average molecular weight is 334 g/mol. The van der Waals surface area contributed by atoms with Crippen LogP contribution in [0.15, 0.2) is 41.6 Å². The van der Waals surface area contributed by atoms with E-state index in [0.717, 1.165) is 11.8 Å². The van der Waals surface area contributed by atoms with Crippen molar-refractivity contribution in [1.29, 1.82) is 0 Å². The Hall–Kier alpha value is -2.48. The molecule has 0 fully saturated rings. The zero-order valence-electron chi connectivity index (χ0n) is 12.9. The molecule has 0 bridgehead atoms. The van der Waals surface area contributed by atoms with Crippen molar-refractivity contribution in [2.45, 2.75) is 18.2 Å². The van der Waals surface area contributed by atoms with Crippen LogP contribution in [-0.2, 0) is 14.6 Å². The quantitative estimate of drug-likeness (QED) is 0.832. The van der Waals surface area contributed by atoms with Crippen LogP contribution < -0.4 is 10.6 Å². The van der Waals surface area contributed by atoms with Gasteiger partial charge in [-0.25, -0.2) is 18.4 Å². The molecule has 2 aromatic heterocycles. The summed E-state index contributed by atoms with van der Waals surface area (Å²) < 4.78 is 23.3. The Labute approximate surface area is 135 Å². The highest BCUT2D eigenvalue weighted by atomic mass is 32.2. The number of nitrogens with one attached hydrogen (secondary N) is 2. The van der Waals surface area contributed by atoms with Crippen LogP contribution in [0.25, 0.3) is 0 Å². The minimum absolute atomic E-state index is 0.112. The third kappa shape index (κ3) is 5.03. The molecule has 122 valence electrons. The first-order valence-corrected chi connectivity index (χ1v) is 8.87. The molecular formula is C15H18N4O3S. The standard InChI is InChI=1S/C15H18N4O3S/c1-11-5-6-13(18-10-11)19-14(20)7-9-17-15-12(23(2,21)22)4-3-8-16-15/h3-6,8,10H,7,9H2,1-2H3,(H,16,17)(H,18,19,20). The van der Waals surface area contributed by atoms with E-state index in [-0.39, 0.29) is 29.6 Å². The first-order valence-electron chi connectivity index (χ1n) is 6.98. The van der Waals surface area contributed by atoms with Crippen molar-refractivity contribution in [2.75, 3.05) is 23.4 Å². The predicted molar refractivity (Wildman–Crippen MR) is 88.1 cm³/mol. The molecule has 0 aliphatic heterocycles. The van der Waals surface area contributed by atoms with E-state index in [2.05, 4.69) is 20.6 Å². The summed E-state index contributed by atoms with van der Waals surface area (Å²) in [5, 5.41) is 5.55. The molecule has 2 aromatic rings. The van der Waals surface area contributed by atoms with Gasteiger partial charge in [0.05, 0.1) is 0 Å². The van der Waals surface area contributed by atoms with Gasteiger partial charge >= 0.3 is 0 Å². The Kier molecular flexibility index (Phi) is 5.28. The number of pyridine rings is 2. The summed E-state index contributed by atoms with van der Waals surface area (Å²) in [6.45, 7) is 2.17. The topological polar surface area (TPSA) is 101 Å². The van der Waals surface area contributed by atoms with Crippen molar-refractivity contribution in [3.63, 3.8) is 0 Å². The highest BCUT2D eigenvalue weighted by Crippen LogP contribution is 2.17. The fourth-order valence-corrected chi connectivity index (χ4v) is 2.67. The zero-order valence-corrected chi connectivity index (χ0v) is 13.7. The summed E-state index contributed by atoms with van der Waals surface area (Å²) in [5.74, 6) is 0.511. The Balaban J connectivity index is 1.90. The van der Waals surface area contributed by atoms with Crippen molar-refractivity contribution in [2.24, 2.45) is 0 Å². The summed E-state index contributed by atoms with van der Waals surface area (Å²) in [6, 6.07) is 6.60. The van der Waals surface area contributed by atoms with Gasteiger partial charge < -0.3 is 10.6 Å². The predicted octanol–water partition coefficient (Wildman–Crippen LogP) is 1.63. The molecular weight excluding hydrogens is 316 g/mol. The Morgan fingerprint density at radius 1 is 1.22 bits per heavy atom. The second kappa shape index (κ2) is 7.19. The van der Waals surface area contributed by atoms with Gasteiger partial charge in [0.2, 0.25) is 5.91 Å². The second-order valence-corrected chi connectivity index (χ2v) is 7.05. The van der Waals surface area contributed by atoms with Crippen LogP contribution in [-0.4, -0.2) is 37.1 Å². The minimum Gasteiger partial charge on any atom is -0.368 e. The molecule has 7 nitrogen and oxygen atoms in total. The van der Waals surface area contributed by atoms with Gasteiger partial charge in [0, 0.05) is 31.6 Å². The minimum atomic E-state index is -3.37. The summed E-state index contributed by atoms with van der Waals surface area (Å²) in [7, 11) is -3.37. The monoisotopic (exact) mass is 334 g/mol. The van der Waals surface area contributed by atoms with Crippen LogP contribution in [0.5, 0.6) is 0 Å². The highest BCUT2D eigenvalue weighted by molar-refractivity contribution is 7.90. The van der Waals surface area contributed by atoms with Crippen molar-refractivity contribution in [1.82, 2.24) is 9.97 Å². The van der Waals surface area contributed by atoms with Crippen LogP contribution in [0.4, 0.5) is 11.6 Å². The van der Waals surface area contributed by atoms with E-state index in [1.54, 1.807) is 18.3 Å². The number of hydrogen-bond donors (Lipinski definition) is 2. The number of hydrogen-bond acceptors (Lipinski definition) is 6. The van der Waals surface area contributed by atoms with Crippen molar-refractivity contribution in [3.8, 4) is 0 Å². The van der Waals surface area contributed by atoms with Gasteiger partial charge in [-0.2, -0.15) is 0 Å². The lowest BCUT2D eigenvalue weighted by atomic mass is 10.3. The molecule has 8 heteroatoms. The number of aryl methyl sites for hydroxylation is 1. The second-order valence-electron chi connectivity index (χ2n) is 5.07. The fourth-order valence-electron chi connectivity index (χ4n) is 1.86. The summed E-state index contributed by atoms with van der Waals surface area (Å²) in [6.07, 6.45) is 4.44. The molecule has 0 atom stereocenters. The first-order chi connectivity index (χ1) is 10.9. The number of aromatic nitrogens is 2. The molecule has 0 radical (unpaired) electrons. The zero-order chi connectivity index (χ0) is 16.9. The number of carbonyl (C=O) groups is 1. The lowest BCUT2D eigenvalue weighted by Gasteiger charge is -2.09. The van der Waals surface area contributed by atoms with Crippen molar-refractivity contribution in [3.05, 3.63) is 42.2 Å². The van der Waals surface area contributed by atoms with E-state index in [9.17, 15) is 13.2 Å². The molecule has 0 aliphatic rings. The molecule has 0 aliphatic carbocycles. The molecule has 1 amide bonds. The maximum absolute atomic E-state index is 11.8. The lowest BCUT2D eigenvalue weighted by molar-refractivity contribution is -0.116. The molecule has 0 saturated heterocycles. The van der Waals surface area contributed by atoms with Crippen LogP contribution >= 0.6 is 0 Å². The van der Waals surface area contributed by atoms with Gasteiger partial charge in [0.15, 0.2) is 9.84 Å². The Morgan fingerprint density at radius 3 is 2.65 bits per heavy atom. The van der Waals surface area contributed by atoms with E-state index >= 15 is 0 Å². The molecule has 2 N–H and O–H groups in total. The average Bonchev–Trinajstić information content (AvgIpc) is 2.49. The number of carbonyl (C=O) groups excluding carboxylic acids is 1. The first kappa shape index (κ1) is 16.9. The molecule has 2 heterocycles. The smallest absolute Gasteiger partial charge is 0.227 e. The number of anilines is 2. The van der Waals surface area contributed by atoms with E-state index < -0.39 is 9.84 Å². The number of rotatable bonds is 6. The third-order valence-corrected chi connectivity index (χ3v) is 4.12. The van der Waals surface area contributed by atoms with Crippen molar-refractivity contribution < 1.29 is 13.2 Å². The van der Waals surface area contributed by atoms with Gasteiger partial charge in [0.1, 0.15) is 16.5 Å². The summed E-state index contributed by atoms with van der Waals surface area (Å²) in [5.41, 5.74) is 1.01. The van der Waals surface area contributed by atoms with Crippen LogP contribution in [0.2, 0.25) is 0 Å². The van der Waals surface area contributed by atoms with Gasteiger partial charge in [0.25, 0.3) is 0 Å². The fraction of sp³-hybridized carbons (Fsp3) is 0.267. The number of amides is 1. The molecule has 2 rings (SSSR count). The van der Waals surface area contributed by atoms with E-state index in [0.29, 0.717) is 5.82 Å². The Morgan fingerprint density at radius 2 is 2.00 bits per heavy atom. The molecule has 0 saturated carbocycles. The van der Waals surface area contributed by atoms with Crippen LogP contribution in [0, 0.1) is 6.92 Å². The Bertz CT molecular complexity index is 789. The third-order valence-electron chi connectivity index (χ3n) is 2.99. The van der Waals surface area contributed by atoms with Crippen molar-refractivity contribution >= 4 is 27.4 Å². The molecule has 0 aromatic carbocycles. The van der Waals surface area contributed by atoms with Gasteiger partial charge in [-0.15, -0.1) is 0 Å². The van der Waals surface area contributed by atoms with Gasteiger partial charge in [-0.1, -0.05) is 6.07 Å². The molecule has 23 heavy (non-hydrogen) atoms. The molecule has 0 unspecified atom stereocenters. The van der Waals surface area contributed by atoms with Gasteiger partial charge in [-0.3, -0.25) is 4.79 Å². The number of sulfone groups is 1. The maximum Gasteiger partial charge on any atom is 0.227 e. The largest absolute Gasteiger partial charge is 0.368 e. The summed E-state index contributed by atoms with van der Waals surface area (Å²) >= 11 is 0. The number of nitrogens with zero attached hydrogens (tertiary/aromatic N) is 2. The van der Waals surface area contributed by atoms with Gasteiger partial charge in [-0.05, 0) is 30.7 Å². The van der Waals surface area contributed by atoms with Crippen LogP contribution in [0.3, 0.4) is 0 Å². The normalized spacial score (nSPS) is 11.0. The highest BCUT2D eigenvalue weighted by Gasteiger charge is 2.13. The van der Waals surface area contributed by atoms with E-state index in [1.807, 2.05) is 13.0 Å². The maximum atomic E-state index is 11.8. The lowest BCUT2D eigenvalue weighted by Crippen LogP contribution is -2.18. The SMILES string of the molecule is Cc1ccc(NC(=O)CCNc2ncccc2S(C)(=O)=O)nc1. The molecule has 0 spiro atoms.